The minimum absolute atomic E-state index is 0.0567. The highest BCUT2D eigenvalue weighted by Crippen LogP contribution is 2.22. The maximum atomic E-state index is 12.3. The van der Waals surface area contributed by atoms with Gasteiger partial charge in [-0.3, -0.25) is 4.79 Å². The van der Waals surface area contributed by atoms with Gasteiger partial charge in [-0.25, -0.2) is 0 Å². The van der Waals surface area contributed by atoms with Crippen molar-refractivity contribution < 1.29 is 4.79 Å². The normalized spacial score (nSPS) is 10.4. The Morgan fingerprint density at radius 1 is 0.833 bits per heavy atom. The monoisotopic (exact) mass is 366 g/mol. The van der Waals surface area contributed by atoms with Crippen LogP contribution in [0.5, 0.6) is 0 Å². The number of carbonyl (C=O) groups is 1. The molecule has 2 aromatic rings. The van der Waals surface area contributed by atoms with Gasteiger partial charge in [0.2, 0.25) is 0 Å². The predicted octanol–water partition coefficient (Wildman–Crippen LogP) is 5.06. The standard InChI is InChI=1S/C15H12Br2O/c1-9-7-11(3-5-13(9)16)15(18)12-4-6-14(17)10(2)8-12/h3-8H,1-2H3. The Balaban J connectivity index is 2.41. The molecule has 92 valence electrons. The maximum absolute atomic E-state index is 12.3. The lowest BCUT2D eigenvalue weighted by Crippen LogP contribution is -2.02. The molecule has 3 heteroatoms. The van der Waals surface area contributed by atoms with E-state index < -0.39 is 0 Å². The molecule has 0 N–H and O–H groups in total. The zero-order valence-corrected chi connectivity index (χ0v) is 13.3. The van der Waals surface area contributed by atoms with Crippen LogP contribution in [-0.4, -0.2) is 5.78 Å². The molecule has 0 unspecified atom stereocenters. The van der Waals surface area contributed by atoms with Crippen LogP contribution in [0.1, 0.15) is 27.0 Å². The van der Waals surface area contributed by atoms with Gasteiger partial charge in [0.05, 0.1) is 0 Å². The summed E-state index contributed by atoms with van der Waals surface area (Å²) in [7, 11) is 0. The third-order valence-electron chi connectivity index (χ3n) is 2.84. The summed E-state index contributed by atoms with van der Waals surface area (Å²) in [4.78, 5) is 12.3. The molecule has 0 bridgehead atoms. The molecule has 2 rings (SSSR count). The number of aryl methyl sites for hydroxylation is 2. The number of ketones is 1. The van der Waals surface area contributed by atoms with Gasteiger partial charge < -0.3 is 0 Å². The molecular formula is C15H12Br2O. The van der Waals surface area contributed by atoms with E-state index in [4.69, 9.17) is 0 Å². The van der Waals surface area contributed by atoms with Crippen molar-refractivity contribution in [2.45, 2.75) is 13.8 Å². The van der Waals surface area contributed by atoms with Crippen LogP contribution in [0, 0.1) is 13.8 Å². The molecule has 0 aliphatic carbocycles. The number of hydrogen-bond donors (Lipinski definition) is 0. The maximum Gasteiger partial charge on any atom is 0.193 e. The number of carbonyl (C=O) groups excluding carboxylic acids is 1. The fourth-order valence-corrected chi connectivity index (χ4v) is 2.23. The molecule has 0 heterocycles. The van der Waals surface area contributed by atoms with Gasteiger partial charge in [0.1, 0.15) is 0 Å². The van der Waals surface area contributed by atoms with Gasteiger partial charge in [0.15, 0.2) is 5.78 Å². The van der Waals surface area contributed by atoms with Crippen LogP contribution in [-0.2, 0) is 0 Å². The second-order valence-corrected chi connectivity index (χ2v) is 5.97. The topological polar surface area (TPSA) is 17.1 Å². The third-order valence-corrected chi connectivity index (χ3v) is 4.62. The van der Waals surface area contributed by atoms with Crippen molar-refractivity contribution in [3.05, 3.63) is 67.6 Å². The fourth-order valence-electron chi connectivity index (χ4n) is 1.74. The van der Waals surface area contributed by atoms with E-state index in [0.29, 0.717) is 0 Å². The molecule has 2 aromatic carbocycles. The Morgan fingerprint density at radius 2 is 1.22 bits per heavy atom. The second kappa shape index (κ2) is 5.37. The summed E-state index contributed by atoms with van der Waals surface area (Å²) in [6.07, 6.45) is 0. The number of hydrogen-bond acceptors (Lipinski definition) is 1. The molecule has 0 aromatic heterocycles. The van der Waals surface area contributed by atoms with Gasteiger partial charge in [0, 0.05) is 20.1 Å². The molecule has 0 aliphatic heterocycles. The molecule has 0 radical (unpaired) electrons. The molecule has 0 saturated carbocycles. The highest BCUT2D eigenvalue weighted by molar-refractivity contribution is 9.10. The fraction of sp³-hybridized carbons (Fsp3) is 0.133. The van der Waals surface area contributed by atoms with Crippen LogP contribution in [0.25, 0.3) is 0 Å². The molecule has 0 atom stereocenters. The van der Waals surface area contributed by atoms with Crippen molar-refractivity contribution in [3.8, 4) is 0 Å². The molecule has 18 heavy (non-hydrogen) atoms. The highest BCUT2D eigenvalue weighted by Gasteiger charge is 2.11. The van der Waals surface area contributed by atoms with Crippen LogP contribution in [0.15, 0.2) is 45.3 Å². The zero-order valence-electron chi connectivity index (χ0n) is 10.1. The van der Waals surface area contributed by atoms with E-state index in [1.807, 2.05) is 50.2 Å². The first-order valence-corrected chi connectivity index (χ1v) is 7.14. The number of rotatable bonds is 2. The van der Waals surface area contributed by atoms with Crippen molar-refractivity contribution >= 4 is 37.6 Å². The number of benzene rings is 2. The molecule has 0 amide bonds. The summed E-state index contributed by atoms with van der Waals surface area (Å²) in [6, 6.07) is 11.3. The van der Waals surface area contributed by atoms with Gasteiger partial charge in [-0.1, -0.05) is 31.9 Å². The molecule has 0 fully saturated rings. The summed E-state index contributed by atoms with van der Waals surface area (Å²) in [5, 5.41) is 0. The molecule has 0 spiro atoms. The average molecular weight is 368 g/mol. The lowest BCUT2D eigenvalue weighted by molar-refractivity contribution is 0.103. The van der Waals surface area contributed by atoms with Crippen LogP contribution >= 0.6 is 31.9 Å². The number of halogens is 2. The quantitative estimate of drug-likeness (QED) is 0.678. The Kier molecular flexibility index (Phi) is 4.03. The lowest BCUT2D eigenvalue weighted by atomic mass is 10.0. The summed E-state index contributed by atoms with van der Waals surface area (Å²) >= 11 is 6.88. The van der Waals surface area contributed by atoms with Gasteiger partial charge in [0.25, 0.3) is 0 Å². The van der Waals surface area contributed by atoms with E-state index in [0.717, 1.165) is 31.2 Å². The van der Waals surface area contributed by atoms with Gasteiger partial charge in [-0.2, -0.15) is 0 Å². The predicted molar refractivity (Wildman–Crippen MR) is 81.2 cm³/mol. The SMILES string of the molecule is Cc1cc(C(=O)c2ccc(Br)c(C)c2)ccc1Br. The Labute approximate surface area is 123 Å². The molecule has 0 saturated heterocycles. The van der Waals surface area contributed by atoms with Gasteiger partial charge >= 0.3 is 0 Å². The van der Waals surface area contributed by atoms with E-state index >= 15 is 0 Å². The van der Waals surface area contributed by atoms with Crippen molar-refractivity contribution in [1.29, 1.82) is 0 Å². The van der Waals surface area contributed by atoms with Crippen LogP contribution < -0.4 is 0 Å². The van der Waals surface area contributed by atoms with Crippen molar-refractivity contribution in [2.75, 3.05) is 0 Å². The average Bonchev–Trinajstić information content (AvgIpc) is 2.35. The van der Waals surface area contributed by atoms with Crippen LogP contribution in [0.3, 0.4) is 0 Å². The van der Waals surface area contributed by atoms with Crippen molar-refractivity contribution in [1.82, 2.24) is 0 Å². The Bertz CT molecular complexity index is 564. The van der Waals surface area contributed by atoms with E-state index in [2.05, 4.69) is 31.9 Å². The van der Waals surface area contributed by atoms with Gasteiger partial charge in [-0.15, -0.1) is 0 Å². The highest BCUT2D eigenvalue weighted by atomic mass is 79.9. The molecular weight excluding hydrogens is 356 g/mol. The van der Waals surface area contributed by atoms with E-state index in [9.17, 15) is 4.79 Å². The van der Waals surface area contributed by atoms with Gasteiger partial charge in [-0.05, 0) is 61.4 Å². The summed E-state index contributed by atoms with van der Waals surface area (Å²) < 4.78 is 2.04. The summed E-state index contributed by atoms with van der Waals surface area (Å²) in [5.41, 5.74) is 3.57. The first-order valence-electron chi connectivity index (χ1n) is 5.56. The first kappa shape index (κ1) is 13.5. The minimum Gasteiger partial charge on any atom is -0.289 e. The minimum atomic E-state index is 0.0567. The zero-order chi connectivity index (χ0) is 13.3. The first-order chi connectivity index (χ1) is 8.49. The van der Waals surface area contributed by atoms with Crippen molar-refractivity contribution in [3.63, 3.8) is 0 Å². The van der Waals surface area contributed by atoms with E-state index in [-0.39, 0.29) is 5.78 Å². The van der Waals surface area contributed by atoms with E-state index in [1.165, 1.54) is 0 Å². The largest absolute Gasteiger partial charge is 0.289 e. The second-order valence-electron chi connectivity index (χ2n) is 4.26. The Hall–Kier alpha value is -0.930. The smallest absolute Gasteiger partial charge is 0.193 e. The Morgan fingerprint density at radius 3 is 1.56 bits per heavy atom. The lowest BCUT2D eigenvalue weighted by Gasteiger charge is -2.06. The summed E-state index contributed by atoms with van der Waals surface area (Å²) in [6.45, 7) is 3.96. The summed E-state index contributed by atoms with van der Waals surface area (Å²) in [5.74, 6) is 0.0567. The van der Waals surface area contributed by atoms with Crippen molar-refractivity contribution in [2.24, 2.45) is 0 Å². The van der Waals surface area contributed by atoms with Crippen LogP contribution in [0.4, 0.5) is 0 Å². The van der Waals surface area contributed by atoms with E-state index in [1.54, 1.807) is 0 Å². The van der Waals surface area contributed by atoms with Crippen LogP contribution in [0.2, 0.25) is 0 Å². The molecule has 0 aliphatic rings. The molecule has 1 nitrogen and oxygen atoms in total. The third kappa shape index (κ3) is 2.73.